The molecule has 0 atom stereocenters. The van der Waals surface area contributed by atoms with Gasteiger partial charge in [0.1, 0.15) is 11.6 Å². The lowest BCUT2D eigenvalue weighted by molar-refractivity contribution is 0.251. The van der Waals surface area contributed by atoms with Crippen LogP contribution in [0.15, 0.2) is 48.5 Å². The highest BCUT2D eigenvalue weighted by molar-refractivity contribution is 5.89. The summed E-state index contributed by atoms with van der Waals surface area (Å²) >= 11 is 0. The predicted octanol–water partition coefficient (Wildman–Crippen LogP) is 2.85. The summed E-state index contributed by atoms with van der Waals surface area (Å²) < 4.78 is 12.7. The molecule has 19 heavy (non-hydrogen) atoms. The third kappa shape index (κ3) is 3.99. The summed E-state index contributed by atoms with van der Waals surface area (Å²) in [6.45, 7) is 0.310. The molecule has 5 heteroatoms. The second kappa shape index (κ2) is 5.86. The Morgan fingerprint density at radius 3 is 2.32 bits per heavy atom. The monoisotopic (exact) mass is 260 g/mol. The van der Waals surface area contributed by atoms with Crippen molar-refractivity contribution < 1.29 is 14.3 Å². The fraction of sp³-hybridized carbons (Fsp3) is 0.0714. The molecule has 2 rings (SSSR count). The SMILES string of the molecule is O=C(NCc1ccc(F)cc1)Nc1ccc(O)cc1. The zero-order valence-electron chi connectivity index (χ0n) is 10.1. The number of amides is 2. The summed E-state index contributed by atoms with van der Waals surface area (Å²) in [6, 6.07) is 11.7. The van der Waals surface area contributed by atoms with E-state index in [-0.39, 0.29) is 17.6 Å². The van der Waals surface area contributed by atoms with Gasteiger partial charge in [0.25, 0.3) is 0 Å². The molecule has 0 heterocycles. The van der Waals surface area contributed by atoms with Crippen LogP contribution >= 0.6 is 0 Å². The highest BCUT2D eigenvalue weighted by atomic mass is 19.1. The highest BCUT2D eigenvalue weighted by Crippen LogP contribution is 2.13. The summed E-state index contributed by atoms with van der Waals surface area (Å²) in [4.78, 5) is 11.6. The van der Waals surface area contributed by atoms with E-state index in [1.54, 1.807) is 24.3 Å². The van der Waals surface area contributed by atoms with Crippen molar-refractivity contribution in [3.63, 3.8) is 0 Å². The topological polar surface area (TPSA) is 61.4 Å². The van der Waals surface area contributed by atoms with E-state index in [2.05, 4.69) is 10.6 Å². The lowest BCUT2D eigenvalue weighted by atomic mass is 10.2. The summed E-state index contributed by atoms with van der Waals surface area (Å²) in [7, 11) is 0. The van der Waals surface area contributed by atoms with E-state index in [9.17, 15) is 9.18 Å². The first kappa shape index (κ1) is 12.9. The van der Waals surface area contributed by atoms with Crippen molar-refractivity contribution in [1.82, 2.24) is 5.32 Å². The van der Waals surface area contributed by atoms with Crippen molar-refractivity contribution in [3.8, 4) is 5.75 Å². The minimum atomic E-state index is -0.366. The summed E-state index contributed by atoms with van der Waals surface area (Å²) in [6.07, 6.45) is 0. The molecular weight excluding hydrogens is 247 g/mol. The Kier molecular flexibility index (Phi) is 3.97. The van der Waals surface area contributed by atoms with Crippen LogP contribution in [0.3, 0.4) is 0 Å². The van der Waals surface area contributed by atoms with Gasteiger partial charge in [0, 0.05) is 12.2 Å². The van der Waals surface area contributed by atoms with E-state index < -0.39 is 0 Å². The Morgan fingerprint density at radius 1 is 1.05 bits per heavy atom. The quantitative estimate of drug-likeness (QED) is 0.743. The normalized spacial score (nSPS) is 9.95. The highest BCUT2D eigenvalue weighted by Gasteiger charge is 2.01. The number of benzene rings is 2. The van der Waals surface area contributed by atoms with Gasteiger partial charge in [0.2, 0.25) is 0 Å². The fourth-order valence-electron chi connectivity index (χ4n) is 1.50. The summed E-state index contributed by atoms with van der Waals surface area (Å²) in [5.41, 5.74) is 1.39. The van der Waals surface area contributed by atoms with Crippen LogP contribution in [0.5, 0.6) is 5.75 Å². The number of hydrogen-bond acceptors (Lipinski definition) is 2. The molecule has 2 aromatic rings. The number of phenolic OH excluding ortho intramolecular Hbond substituents is 1. The summed E-state index contributed by atoms with van der Waals surface area (Å²) in [5.74, 6) is -0.172. The molecule has 2 aromatic carbocycles. The molecule has 2 amide bonds. The fourth-order valence-corrected chi connectivity index (χ4v) is 1.50. The molecule has 0 aliphatic heterocycles. The number of phenols is 1. The number of hydrogen-bond donors (Lipinski definition) is 3. The first-order valence-corrected chi connectivity index (χ1v) is 5.72. The standard InChI is InChI=1S/C14H13FN2O2/c15-11-3-1-10(2-4-11)9-16-14(19)17-12-5-7-13(18)8-6-12/h1-8,18H,9H2,(H2,16,17,19). The van der Waals surface area contributed by atoms with E-state index >= 15 is 0 Å². The van der Waals surface area contributed by atoms with Gasteiger partial charge >= 0.3 is 6.03 Å². The average Bonchev–Trinajstić information content (AvgIpc) is 2.41. The number of carbonyl (C=O) groups excluding carboxylic acids is 1. The van der Waals surface area contributed by atoms with E-state index in [4.69, 9.17) is 5.11 Å². The Morgan fingerprint density at radius 2 is 1.68 bits per heavy atom. The lowest BCUT2D eigenvalue weighted by Gasteiger charge is -2.07. The van der Waals surface area contributed by atoms with Crippen LogP contribution in [0.2, 0.25) is 0 Å². The molecule has 0 aliphatic carbocycles. The first-order valence-electron chi connectivity index (χ1n) is 5.72. The third-order valence-corrected chi connectivity index (χ3v) is 2.49. The molecule has 3 N–H and O–H groups in total. The van der Waals surface area contributed by atoms with E-state index in [1.807, 2.05) is 0 Å². The largest absolute Gasteiger partial charge is 0.508 e. The van der Waals surface area contributed by atoms with Crippen LogP contribution in [0.4, 0.5) is 14.9 Å². The van der Waals surface area contributed by atoms with Crippen molar-refractivity contribution in [2.45, 2.75) is 6.54 Å². The van der Waals surface area contributed by atoms with Gasteiger partial charge in [-0.05, 0) is 42.0 Å². The molecule has 0 aromatic heterocycles. The van der Waals surface area contributed by atoms with E-state index in [0.29, 0.717) is 12.2 Å². The number of halogens is 1. The Balaban J connectivity index is 1.84. The van der Waals surface area contributed by atoms with Gasteiger partial charge < -0.3 is 15.7 Å². The van der Waals surface area contributed by atoms with Crippen LogP contribution < -0.4 is 10.6 Å². The second-order valence-electron chi connectivity index (χ2n) is 3.98. The molecule has 0 saturated heterocycles. The predicted molar refractivity (Wildman–Crippen MR) is 70.4 cm³/mol. The molecule has 4 nitrogen and oxygen atoms in total. The minimum absolute atomic E-state index is 0.136. The molecular formula is C14H13FN2O2. The van der Waals surface area contributed by atoms with Crippen molar-refractivity contribution in [3.05, 3.63) is 59.9 Å². The van der Waals surface area contributed by atoms with Gasteiger partial charge in [-0.2, -0.15) is 0 Å². The van der Waals surface area contributed by atoms with Gasteiger partial charge in [0.15, 0.2) is 0 Å². The Labute approximate surface area is 109 Å². The molecule has 0 aliphatic rings. The molecule has 0 radical (unpaired) electrons. The van der Waals surface area contributed by atoms with Crippen molar-refractivity contribution in [2.24, 2.45) is 0 Å². The smallest absolute Gasteiger partial charge is 0.319 e. The zero-order valence-corrected chi connectivity index (χ0v) is 10.1. The molecule has 0 unspecified atom stereocenters. The number of urea groups is 1. The van der Waals surface area contributed by atoms with Crippen molar-refractivity contribution >= 4 is 11.7 Å². The summed E-state index contributed by atoms with van der Waals surface area (Å²) in [5, 5.41) is 14.4. The van der Waals surface area contributed by atoms with Crippen LogP contribution in [0.1, 0.15) is 5.56 Å². The number of anilines is 1. The van der Waals surface area contributed by atoms with E-state index in [0.717, 1.165) is 5.56 Å². The van der Waals surface area contributed by atoms with Crippen LogP contribution in [0, 0.1) is 5.82 Å². The second-order valence-corrected chi connectivity index (χ2v) is 3.98. The average molecular weight is 260 g/mol. The van der Waals surface area contributed by atoms with Crippen LogP contribution in [-0.2, 0) is 6.54 Å². The molecule has 0 spiro atoms. The van der Waals surface area contributed by atoms with E-state index in [1.165, 1.54) is 24.3 Å². The number of aromatic hydroxyl groups is 1. The van der Waals surface area contributed by atoms with Gasteiger partial charge in [-0.15, -0.1) is 0 Å². The number of rotatable bonds is 3. The lowest BCUT2D eigenvalue weighted by Crippen LogP contribution is -2.28. The maximum absolute atomic E-state index is 12.7. The zero-order chi connectivity index (χ0) is 13.7. The minimum Gasteiger partial charge on any atom is -0.508 e. The van der Waals surface area contributed by atoms with Crippen molar-refractivity contribution in [2.75, 3.05) is 5.32 Å². The molecule has 98 valence electrons. The van der Waals surface area contributed by atoms with Crippen LogP contribution in [-0.4, -0.2) is 11.1 Å². The maximum Gasteiger partial charge on any atom is 0.319 e. The molecule has 0 bridgehead atoms. The van der Waals surface area contributed by atoms with Gasteiger partial charge in [-0.25, -0.2) is 9.18 Å². The molecule has 0 saturated carbocycles. The Bertz CT molecular complexity index is 553. The first-order chi connectivity index (χ1) is 9.13. The maximum atomic E-state index is 12.7. The van der Waals surface area contributed by atoms with Crippen molar-refractivity contribution in [1.29, 1.82) is 0 Å². The van der Waals surface area contributed by atoms with Gasteiger partial charge in [-0.1, -0.05) is 12.1 Å². The van der Waals surface area contributed by atoms with Crippen LogP contribution in [0.25, 0.3) is 0 Å². The number of nitrogens with one attached hydrogen (secondary N) is 2. The van der Waals surface area contributed by atoms with Gasteiger partial charge in [0.05, 0.1) is 0 Å². The Hall–Kier alpha value is -2.56. The number of carbonyl (C=O) groups is 1. The molecule has 0 fully saturated rings. The van der Waals surface area contributed by atoms with Gasteiger partial charge in [-0.3, -0.25) is 0 Å². The third-order valence-electron chi connectivity index (χ3n) is 2.49.